The van der Waals surface area contributed by atoms with Crippen LogP contribution in [0, 0.1) is 5.92 Å². The average molecular weight is 324 g/mol. The van der Waals surface area contributed by atoms with Crippen LogP contribution in [0.15, 0.2) is 29.2 Å². The number of hydrogen-bond acceptors (Lipinski definition) is 3. The number of rotatable bonds is 4. The van der Waals surface area contributed by atoms with Crippen LogP contribution in [0.25, 0.3) is 0 Å². The average Bonchev–Trinajstić information content (AvgIpc) is 2.49. The Morgan fingerprint density at radius 2 is 1.91 bits per heavy atom. The number of amides is 1. The fourth-order valence-electron chi connectivity index (χ4n) is 2.79. The van der Waals surface area contributed by atoms with E-state index in [0.29, 0.717) is 11.5 Å². The summed E-state index contributed by atoms with van der Waals surface area (Å²) in [5.74, 6) is 0.265. The Labute approximate surface area is 132 Å². The highest BCUT2D eigenvalue weighted by atomic mass is 32.2. The molecule has 0 spiro atoms. The predicted molar refractivity (Wildman–Crippen MR) is 86.2 cm³/mol. The van der Waals surface area contributed by atoms with Crippen molar-refractivity contribution in [2.75, 3.05) is 14.1 Å². The van der Waals surface area contributed by atoms with E-state index in [1.807, 2.05) is 0 Å². The standard InChI is InChI=1S/C16H24N2O3S/c1-12-7-4-5-10-15(12)17-16(19)13-8-6-9-14(11-13)22(20,21)18(2)3/h6,8-9,11-12,15H,4-5,7,10H2,1-3H3,(H,17,19)/t12-,15+/m0/s1. The maximum Gasteiger partial charge on any atom is 0.251 e. The quantitative estimate of drug-likeness (QED) is 0.924. The van der Waals surface area contributed by atoms with Crippen molar-refractivity contribution in [2.45, 2.75) is 43.5 Å². The van der Waals surface area contributed by atoms with Crippen LogP contribution in [0.5, 0.6) is 0 Å². The molecule has 0 heterocycles. The lowest BCUT2D eigenvalue weighted by Crippen LogP contribution is -2.41. The molecule has 1 aromatic rings. The SMILES string of the molecule is C[C@H]1CCCC[C@H]1NC(=O)c1cccc(S(=O)(=O)N(C)C)c1. The van der Waals surface area contributed by atoms with Crippen molar-refractivity contribution in [1.29, 1.82) is 0 Å². The fourth-order valence-corrected chi connectivity index (χ4v) is 3.74. The molecular weight excluding hydrogens is 300 g/mol. The lowest BCUT2D eigenvalue weighted by Gasteiger charge is -2.29. The zero-order valence-electron chi connectivity index (χ0n) is 13.4. The summed E-state index contributed by atoms with van der Waals surface area (Å²) in [7, 11) is -0.568. The molecular formula is C16H24N2O3S. The van der Waals surface area contributed by atoms with E-state index < -0.39 is 10.0 Å². The van der Waals surface area contributed by atoms with E-state index in [1.165, 1.54) is 32.6 Å². The van der Waals surface area contributed by atoms with Gasteiger partial charge in [0.15, 0.2) is 0 Å². The van der Waals surface area contributed by atoms with Gasteiger partial charge in [0.1, 0.15) is 0 Å². The highest BCUT2D eigenvalue weighted by Crippen LogP contribution is 2.24. The summed E-state index contributed by atoms with van der Waals surface area (Å²) in [6.45, 7) is 2.15. The maximum absolute atomic E-state index is 12.4. The Morgan fingerprint density at radius 3 is 2.55 bits per heavy atom. The minimum absolute atomic E-state index is 0.141. The van der Waals surface area contributed by atoms with Gasteiger partial charge >= 0.3 is 0 Å². The van der Waals surface area contributed by atoms with Crippen LogP contribution in [-0.4, -0.2) is 38.8 Å². The van der Waals surface area contributed by atoms with Gasteiger partial charge in [-0.05, 0) is 37.0 Å². The number of nitrogens with zero attached hydrogens (tertiary/aromatic N) is 1. The normalized spacial score (nSPS) is 22.5. The molecule has 0 aromatic heterocycles. The lowest BCUT2D eigenvalue weighted by atomic mass is 9.86. The second-order valence-electron chi connectivity index (χ2n) is 6.16. The molecule has 22 heavy (non-hydrogen) atoms. The fraction of sp³-hybridized carbons (Fsp3) is 0.562. The van der Waals surface area contributed by atoms with Crippen LogP contribution in [0.4, 0.5) is 0 Å². The van der Waals surface area contributed by atoms with Crippen molar-refractivity contribution < 1.29 is 13.2 Å². The van der Waals surface area contributed by atoms with Crippen LogP contribution in [-0.2, 0) is 10.0 Å². The molecule has 6 heteroatoms. The molecule has 5 nitrogen and oxygen atoms in total. The van der Waals surface area contributed by atoms with Crippen LogP contribution in [0.2, 0.25) is 0 Å². The summed E-state index contributed by atoms with van der Waals surface area (Å²) in [6.07, 6.45) is 4.46. The number of hydrogen-bond donors (Lipinski definition) is 1. The third-order valence-corrected chi connectivity index (χ3v) is 6.11. The molecule has 1 saturated carbocycles. The topological polar surface area (TPSA) is 66.5 Å². The second-order valence-corrected chi connectivity index (χ2v) is 8.31. The van der Waals surface area contributed by atoms with Gasteiger partial charge < -0.3 is 5.32 Å². The third kappa shape index (κ3) is 3.67. The molecule has 2 atom stereocenters. The van der Waals surface area contributed by atoms with E-state index in [4.69, 9.17) is 0 Å². The van der Waals surface area contributed by atoms with E-state index in [2.05, 4.69) is 12.2 Å². The molecule has 1 fully saturated rings. The van der Waals surface area contributed by atoms with Gasteiger partial charge in [-0.2, -0.15) is 0 Å². The van der Waals surface area contributed by atoms with Gasteiger partial charge in [-0.15, -0.1) is 0 Å². The van der Waals surface area contributed by atoms with Crippen molar-refractivity contribution >= 4 is 15.9 Å². The minimum Gasteiger partial charge on any atom is -0.349 e. The van der Waals surface area contributed by atoms with Crippen molar-refractivity contribution in [3.8, 4) is 0 Å². The van der Waals surface area contributed by atoms with Gasteiger partial charge in [-0.25, -0.2) is 12.7 Å². The first-order chi connectivity index (χ1) is 10.3. The van der Waals surface area contributed by atoms with Crippen LogP contribution in [0.3, 0.4) is 0 Å². The Morgan fingerprint density at radius 1 is 1.23 bits per heavy atom. The van der Waals surface area contributed by atoms with Crippen molar-refractivity contribution in [2.24, 2.45) is 5.92 Å². The summed E-state index contributed by atoms with van der Waals surface area (Å²) in [5.41, 5.74) is 0.390. The van der Waals surface area contributed by atoms with E-state index in [0.717, 1.165) is 23.6 Å². The Bertz CT molecular complexity index is 641. The zero-order valence-corrected chi connectivity index (χ0v) is 14.2. The molecule has 0 radical (unpaired) electrons. The molecule has 1 amide bonds. The Hall–Kier alpha value is -1.40. The van der Waals surface area contributed by atoms with Gasteiger partial charge in [0.25, 0.3) is 5.91 Å². The molecule has 0 unspecified atom stereocenters. The molecule has 1 aliphatic carbocycles. The first-order valence-electron chi connectivity index (χ1n) is 7.66. The van der Waals surface area contributed by atoms with Crippen molar-refractivity contribution in [3.05, 3.63) is 29.8 Å². The van der Waals surface area contributed by atoms with Crippen LogP contribution >= 0.6 is 0 Å². The molecule has 0 bridgehead atoms. The number of benzene rings is 1. The van der Waals surface area contributed by atoms with Gasteiger partial charge in [-0.3, -0.25) is 4.79 Å². The smallest absolute Gasteiger partial charge is 0.251 e. The summed E-state index contributed by atoms with van der Waals surface area (Å²) >= 11 is 0. The number of carbonyl (C=O) groups is 1. The molecule has 122 valence electrons. The highest BCUT2D eigenvalue weighted by molar-refractivity contribution is 7.89. The lowest BCUT2D eigenvalue weighted by molar-refractivity contribution is 0.0910. The van der Waals surface area contributed by atoms with Gasteiger partial charge in [0.05, 0.1) is 4.90 Å². The third-order valence-electron chi connectivity index (χ3n) is 4.30. The molecule has 2 rings (SSSR count). The summed E-state index contributed by atoms with van der Waals surface area (Å²) in [5, 5.41) is 3.05. The van der Waals surface area contributed by atoms with Gasteiger partial charge in [-0.1, -0.05) is 25.8 Å². The summed E-state index contributed by atoms with van der Waals surface area (Å²) in [4.78, 5) is 12.5. The second kappa shape index (κ2) is 6.79. The zero-order chi connectivity index (χ0) is 16.3. The van der Waals surface area contributed by atoms with Crippen molar-refractivity contribution in [1.82, 2.24) is 9.62 Å². The molecule has 1 aliphatic rings. The van der Waals surface area contributed by atoms with Crippen molar-refractivity contribution in [3.63, 3.8) is 0 Å². The summed E-state index contributed by atoms with van der Waals surface area (Å²) in [6, 6.07) is 6.39. The Kier molecular flexibility index (Phi) is 5.24. The van der Waals surface area contributed by atoms with Gasteiger partial charge in [0, 0.05) is 25.7 Å². The molecule has 0 aliphatic heterocycles. The number of carbonyl (C=O) groups excluding carboxylic acids is 1. The van der Waals surface area contributed by atoms with Crippen LogP contribution < -0.4 is 5.32 Å². The van der Waals surface area contributed by atoms with E-state index in [1.54, 1.807) is 12.1 Å². The monoisotopic (exact) mass is 324 g/mol. The van der Waals surface area contributed by atoms with Crippen LogP contribution in [0.1, 0.15) is 43.0 Å². The van der Waals surface area contributed by atoms with E-state index in [-0.39, 0.29) is 16.8 Å². The predicted octanol–water partition coefficient (Wildman–Crippen LogP) is 2.25. The summed E-state index contributed by atoms with van der Waals surface area (Å²) < 4.78 is 25.4. The maximum atomic E-state index is 12.4. The molecule has 1 aromatic carbocycles. The molecule has 1 N–H and O–H groups in total. The number of nitrogens with one attached hydrogen (secondary N) is 1. The molecule has 0 saturated heterocycles. The highest BCUT2D eigenvalue weighted by Gasteiger charge is 2.24. The minimum atomic E-state index is -3.52. The first-order valence-corrected chi connectivity index (χ1v) is 9.10. The first kappa shape index (κ1) is 17.0. The Balaban J connectivity index is 2.17. The van der Waals surface area contributed by atoms with E-state index in [9.17, 15) is 13.2 Å². The van der Waals surface area contributed by atoms with E-state index >= 15 is 0 Å². The largest absolute Gasteiger partial charge is 0.349 e. The van der Waals surface area contributed by atoms with Gasteiger partial charge in [0.2, 0.25) is 10.0 Å². The number of sulfonamides is 1.